The van der Waals surface area contributed by atoms with Crippen molar-refractivity contribution >= 4 is 11.9 Å². The van der Waals surface area contributed by atoms with Crippen molar-refractivity contribution in [2.75, 3.05) is 6.54 Å². The summed E-state index contributed by atoms with van der Waals surface area (Å²) in [6.45, 7) is 6.42. The van der Waals surface area contributed by atoms with Crippen LogP contribution in [0.2, 0.25) is 0 Å². The van der Waals surface area contributed by atoms with E-state index in [0.717, 1.165) is 18.8 Å². The maximum atomic E-state index is 11.3. The Morgan fingerprint density at radius 2 is 1.65 bits per heavy atom. The van der Waals surface area contributed by atoms with Crippen LogP contribution in [-0.2, 0) is 9.59 Å². The smallest absolute Gasteiger partial charge is 0.315 e. The van der Waals surface area contributed by atoms with Crippen LogP contribution in [0.1, 0.15) is 52.9 Å². The van der Waals surface area contributed by atoms with E-state index in [-0.39, 0.29) is 5.91 Å². The first-order valence-corrected chi connectivity index (χ1v) is 6.45. The second-order valence-electron chi connectivity index (χ2n) is 4.95. The molecule has 4 heteroatoms. The van der Waals surface area contributed by atoms with Crippen LogP contribution in [0.25, 0.3) is 0 Å². The molecule has 2 N–H and O–H groups in total. The maximum Gasteiger partial charge on any atom is 0.315 e. The lowest BCUT2D eigenvalue weighted by Crippen LogP contribution is -2.34. The number of carboxylic acid groups (broad SMARTS) is 1. The van der Waals surface area contributed by atoms with Gasteiger partial charge in [0.05, 0.1) is 0 Å². The largest absolute Gasteiger partial charge is 0.481 e. The molecule has 1 atom stereocenters. The van der Waals surface area contributed by atoms with Crippen LogP contribution >= 0.6 is 0 Å². The molecule has 0 heterocycles. The van der Waals surface area contributed by atoms with Crippen molar-refractivity contribution in [3.05, 3.63) is 0 Å². The van der Waals surface area contributed by atoms with Crippen molar-refractivity contribution in [2.45, 2.75) is 52.9 Å². The van der Waals surface area contributed by atoms with Gasteiger partial charge in [-0.2, -0.15) is 0 Å². The lowest BCUT2D eigenvalue weighted by molar-refractivity contribution is -0.146. The highest BCUT2D eigenvalue weighted by Gasteiger charge is 2.19. The molecule has 0 radical (unpaired) electrons. The number of nitrogens with one attached hydrogen (secondary N) is 1. The third-order valence-corrected chi connectivity index (χ3v) is 2.77. The number of amides is 1. The second-order valence-corrected chi connectivity index (χ2v) is 4.95. The molecule has 1 unspecified atom stereocenters. The van der Waals surface area contributed by atoms with Gasteiger partial charge in [0, 0.05) is 6.54 Å². The summed E-state index contributed by atoms with van der Waals surface area (Å²) in [7, 11) is 0. The first-order chi connectivity index (χ1) is 7.95. The van der Waals surface area contributed by atoms with Gasteiger partial charge in [0.2, 0.25) is 5.91 Å². The third-order valence-electron chi connectivity index (χ3n) is 2.77. The van der Waals surface area contributed by atoms with Crippen LogP contribution in [0.5, 0.6) is 0 Å². The molecule has 0 aliphatic rings. The molecule has 100 valence electrons. The fourth-order valence-corrected chi connectivity index (χ4v) is 1.51. The van der Waals surface area contributed by atoms with E-state index in [1.165, 1.54) is 26.2 Å². The number of rotatable bonds is 9. The van der Waals surface area contributed by atoms with Gasteiger partial charge < -0.3 is 10.4 Å². The van der Waals surface area contributed by atoms with Crippen molar-refractivity contribution in [3.63, 3.8) is 0 Å². The van der Waals surface area contributed by atoms with E-state index in [1.54, 1.807) is 0 Å². The van der Waals surface area contributed by atoms with E-state index < -0.39 is 11.9 Å². The van der Waals surface area contributed by atoms with Crippen LogP contribution in [0, 0.1) is 11.8 Å². The highest BCUT2D eigenvalue weighted by Crippen LogP contribution is 2.09. The Bertz CT molecular complexity index is 239. The number of carbonyl (C=O) groups excluding carboxylic acids is 1. The molecule has 0 fully saturated rings. The number of unbranched alkanes of at least 4 members (excludes halogenated alkanes) is 3. The van der Waals surface area contributed by atoms with Crippen LogP contribution in [0.3, 0.4) is 0 Å². The molecule has 0 saturated heterocycles. The number of aliphatic carboxylic acids is 1. The van der Waals surface area contributed by atoms with Gasteiger partial charge in [-0.3, -0.25) is 9.59 Å². The molecule has 0 rings (SSSR count). The quantitative estimate of drug-likeness (QED) is 0.483. The Labute approximate surface area is 104 Å². The summed E-state index contributed by atoms with van der Waals surface area (Å²) in [6, 6.07) is 0. The highest BCUT2D eigenvalue weighted by molar-refractivity contribution is 5.96. The molecule has 0 aromatic rings. The van der Waals surface area contributed by atoms with Crippen molar-refractivity contribution in [3.8, 4) is 0 Å². The Morgan fingerprint density at radius 1 is 1.06 bits per heavy atom. The van der Waals surface area contributed by atoms with Crippen LogP contribution < -0.4 is 5.32 Å². The number of hydrogen-bond acceptors (Lipinski definition) is 2. The molecule has 17 heavy (non-hydrogen) atoms. The third kappa shape index (κ3) is 8.72. The molecule has 0 saturated carbocycles. The van der Waals surface area contributed by atoms with Gasteiger partial charge in [-0.15, -0.1) is 0 Å². The summed E-state index contributed by atoms with van der Waals surface area (Å²) in [5, 5.41) is 11.3. The van der Waals surface area contributed by atoms with Crippen molar-refractivity contribution < 1.29 is 14.7 Å². The van der Waals surface area contributed by atoms with Gasteiger partial charge in [0.15, 0.2) is 0 Å². The predicted octanol–water partition coefficient (Wildman–Crippen LogP) is 2.43. The summed E-state index contributed by atoms with van der Waals surface area (Å²) in [5.41, 5.74) is 0. The van der Waals surface area contributed by atoms with E-state index in [4.69, 9.17) is 5.11 Å². The first-order valence-electron chi connectivity index (χ1n) is 6.45. The van der Waals surface area contributed by atoms with Gasteiger partial charge >= 0.3 is 5.97 Å². The van der Waals surface area contributed by atoms with E-state index in [0.29, 0.717) is 6.54 Å². The highest BCUT2D eigenvalue weighted by atomic mass is 16.4. The average Bonchev–Trinajstić information content (AvgIpc) is 2.25. The normalized spacial score (nSPS) is 12.5. The van der Waals surface area contributed by atoms with E-state index >= 15 is 0 Å². The molecule has 0 bridgehead atoms. The molecule has 0 aromatic heterocycles. The van der Waals surface area contributed by atoms with Gasteiger partial charge in [0.25, 0.3) is 0 Å². The van der Waals surface area contributed by atoms with Gasteiger partial charge in [-0.25, -0.2) is 0 Å². The molecular formula is C13H25NO3. The van der Waals surface area contributed by atoms with Gasteiger partial charge in [0.1, 0.15) is 5.92 Å². The SMILES string of the molecule is CC(C)CCCCCCNC(=O)C(C)C(=O)O. The van der Waals surface area contributed by atoms with Crippen molar-refractivity contribution in [2.24, 2.45) is 11.8 Å². The summed E-state index contributed by atoms with van der Waals surface area (Å²) in [5.74, 6) is -1.65. The summed E-state index contributed by atoms with van der Waals surface area (Å²) in [4.78, 5) is 21.8. The number of hydrogen-bond donors (Lipinski definition) is 2. The molecule has 1 amide bonds. The second kappa shape index (κ2) is 9.02. The molecule has 4 nitrogen and oxygen atoms in total. The monoisotopic (exact) mass is 243 g/mol. The topological polar surface area (TPSA) is 66.4 Å². The number of carbonyl (C=O) groups is 2. The fourth-order valence-electron chi connectivity index (χ4n) is 1.51. The average molecular weight is 243 g/mol. The van der Waals surface area contributed by atoms with Crippen molar-refractivity contribution in [1.29, 1.82) is 0 Å². The minimum absolute atomic E-state index is 0.389. The van der Waals surface area contributed by atoms with E-state index in [2.05, 4.69) is 19.2 Å². The first kappa shape index (κ1) is 15.9. The minimum Gasteiger partial charge on any atom is -0.481 e. The Kier molecular flexibility index (Phi) is 8.46. The van der Waals surface area contributed by atoms with Crippen molar-refractivity contribution in [1.82, 2.24) is 5.32 Å². The standard InChI is InChI=1S/C13H25NO3/c1-10(2)8-6-4-5-7-9-14-12(15)11(3)13(16)17/h10-11H,4-9H2,1-3H3,(H,14,15)(H,16,17). The summed E-state index contributed by atoms with van der Waals surface area (Å²) >= 11 is 0. The zero-order valence-corrected chi connectivity index (χ0v) is 11.2. The lowest BCUT2D eigenvalue weighted by Gasteiger charge is -2.08. The molecule has 0 aliphatic heterocycles. The maximum absolute atomic E-state index is 11.3. The zero-order valence-electron chi connectivity index (χ0n) is 11.2. The number of carboxylic acids is 1. The van der Waals surface area contributed by atoms with E-state index in [1.807, 2.05) is 0 Å². The fraction of sp³-hybridized carbons (Fsp3) is 0.846. The zero-order chi connectivity index (χ0) is 13.3. The minimum atomic E-state index is -1.07. The molecule has 0 aromatic carbocycles. The Hall–Kier alpha value is -1.06. The Balaban J connectivity index is 3.40. The molecule has 0 aliphatic carbocycles. The molecule has 0 spiro atoms. The van der Waals surface area contributed by atoms with Gasteiger partial charge in [-0.1, -0.05) is 39.5 Å². The van der Waals surface area contributed by atoms with Crippen LogP contribution in [0.4, 0.5) is 0 Å². The predicted molar refractivity (Wildman–Crippen MR) is 67.7 cm³/mol. The van der Waals surface area contributed by atoms with Crippen LogP contribution in [0.15, 0.2) is 0 Å². The summed E-state index contributed by atoms with van der Waals surface area (Å²) in [6.07, 6.45) is 5.69. The van der Waals surface area contributed by atoms with Crippen LogP contribution in [-0.4, -0.2) is 23.5 Å². The molecular weight excluding hydrogens is 218 g/mol. The van der Waals surface area contributed by atoms with Gasteiger partial charge in [-0.05, 0) is 19.3 Å². The Morgan fingerprint density at radius 3 is 2.18 bits per heavy atom. The summed E-state index contributed by atoms with van der Waals surface area (Å²) < 4.78 is 0. The van der Waals surface area contributed by atoms with E-state index in [9.17, 15) is 9.59 Å². The lowest BCUT2D eigenvalue weighted by atomic mass is 10.0.